The van der Waals surface area contributed by atoms with Gasteiger partial charge in [0.05, 0.1) is 45.0 Å². The molecular weight excluding hydrogens is 890 g/mol. The van der Waals surface area contributed by atoms with Crippen molar-refractivity contribution in [2.24, 2.45) is 13.0 Å². The first-order chi connectivity index (χ1) is 29.7. The van der Waals surface area contributed by atoms with Crippen molar-refractivity contribution in [1.29, 1.82) is 0 Å². The number of rotatable bonds is 11. The van der Waals surface area contributed by atoms with Gasteiger partial charge in [0.15, 0.2) is 11.5 Å². The van der Waals surface area contributed by atoms with Crippen LogP contribution in [0.1, 0.15) is 53.1 Å². The number of anilines is 1. The molecule has 13 nitrogen and oxygen atoms in total. The fraction of sp³-hybridized carbons (Fsp3) is 0.250. The predicted octanol–water partition coefficient (Wildman–Crippen LogP) is 7.36. The third-order valence-electron chi connectivity index (χ3n) is 10.9. The van der Waals surface area contributed by atoms with E-state index in [0.717, 1.165) is 41.2 Å². The Balaban J connectivity index is 1.27. The smallest absolute Gasteiger partial charge is 0.293 e. The van der Waals surface area contributed by atoms with Crippen LogP contribution in [-0.4, -0.2) is 54.7 Å². The molecule has 4 heterocycles. The van der Waals surface area contributed by atoms with Crippen LogP contribution in [0.5, 0.6) is 0 Å². The van der Waals surface area contributed by atoms with Gasteiger partial charge in [-0.2, -0.15) is 19.0 Å². The van der Waals surface area contributed by atoms with Gasteiger partial charge in [-0.1, -0.05) is 11.6 Å². The highest BCUT2D eigenvalue weighted by molar-refractivity contribution is 7.92. The number of aromatic nitrogens is 7. The summed E-state index contributed by atoms with van der Waals surface area (Å²) in [5.74, 6) is -11.4. The number of pyridine rings is 1. The van der Waals surface area contributed by atoms with E-state index < -0.39 is 111 Å². The summed E-state index contributed by atoms with van der Waals surface area (Å²) in [6, 6.07) is 8.32. The minimum Gasteiger partial charge on any atom is -0.344 e. The number of carbonyl (C=O) groups is 1. The maximum Gasteiger partial charge on any atom is 0.293 e. The molecule has 4 aromatic heterocycles. The lowest BCUT2D eigenvalue weighted by atomic mass is 10.0. The van der Waals surface area contributed by atoms with Gasteiger partial charge in [0.1, 0.15) is 47.0 Å². The van der Waals surface area contributed by atoms with Crippen molar-refractivity contribution >= 4 is 55.3 Å². The number of fused-ring (bicyclic) bond motifs is 5. The number of aryl methyl sites for hydroxylation is 1. The van der Waals surface area contributed by atoms with Gasteiger partial charge in [0.25, 0.3) is 17.9 Å². The molecule has 0 spiro atoms. The Bertz CT molecular complexity index is 3250. The molecule has 1 fully saturated rings. The van der Waals surface area contributed by atoms with Crippen LogP contribution >= 0.6 is 11.6 Å². The summed E-state index contributed by atoms with van der Waals surface area (Å²) in [7, 11) is -2.58. The van der Waals surface area contributed by atoms with E-state index in [1.54, 1.807) is 0 Å². The molecule has 63 heavy (non-hydrogen) atoms. The van der Waals surface area contributed by atoms with Crippen LogP contribution in [0.15, 0.2) is 65.5 Å². The Morgan fingerprint density at radius 3 is 2.40 bits per heavy atom. The van der Waals surface area contributed by atoms with Gasteiger partial charge in [0.2, 0.25) is 15.9 Å². The van der Waals surface area contributed by atoms with Crippen LogP contribution < -0.4 is 15.6 Å². The average molecular weight is 918 g/mol. The lowest BCUT2D eigenvalue weighted by Crippen LogP contribution is -2.38. The van der Waals surface area contributed by atoms with Crippen LogP contribution in [0.4, 0.5) is 40.9 Å². The molecule has 2 N–H and O–H groups in total. The minimum absolute atomic E-state index is 0.00998. The fourth-order valence-corrected chi connectivity index (χ4v) is 9.04. The first kappa shape index (κ1) is 41.9. The van der Waals surface area contributed by atoms with Gasteiger partial charge in [0, 0.05) is 36.6 Å². The quantitative estimate of drug-likeness (QED) is 0.128. The number of hydrogen-bond donors (Lipinski definition) is 2. The van der Waals surface area contributed by atoms with Crippen LogP contribution in [0.3, 0.4) is 0 Å². The Labute approximate surface area is 354 Å². The normalized spacial score (nSPS) is 17.0. The first-order valence-electron chi connectivity index (χ1n) is 18.7. The van der Waals surface area contributed by atoms with Crippen LogP contribution in [0.2, 0.25) is 5.02 Å². The molecule has 0 saturated heterocycles. The minimum atomic E-state index is -3.97. The van der Waals surface area contributed by atoms with E-state index in [1.165, 1.54) is 36.0 Å². The van der Waals surface area contributed by atoms with Crippen LogP contribution in [0.25, 0.3) is 38.9 Å². The summed E-state index contributed by atoms with van der Waals surface area (Å²) in [4.78, 5) is 38.0. The Morgan fingerprint density at radius 2 is 1.70 bits per heavy atom. The maximum absolute atomic E-state index is 15.5. The molecule has 23 heteroatoms. The van der Waals surface area contributed by atoms with E-state index in [2.05, 4.69) is 30.2 Å². The highest BCUT2D eigenvalue weighted by Gasteiger charge is 2.67. The van der Waals surface area contributed by atoms with Gasteiger partial charge in [-0.05, 0) is 72.5 Å². The number of hydrogen-bond acceptors (Lipinski definition) is 8. The molecular formula is C40H28ClF8N9O4S. The summed E-state index contributed by atoms with van der Waals surface area (Å²) in [5, 5.41) is 10.2. The molecule has 0 aliphatic heterocycles. The third-order valence-corrected chi connectivity index (χ3v) is 11.8. The maximum atomic E-state index is 15.5. The zero-order chi connectivity index (χ0) is 45.0. The fourth-order valence-electron chi connectivity index (χ4n) is 8.30. The van der Waals surface area contributed by atoms with Gasteiger partial charge >= 0.3 is 0 Å². The number of alkyl halides is 4. The van der Waals surface area contributed by atoms with Crippen LogP contribution in [-0.2, 0) is 40.8 Å². The van der Waals surface area contributed by atoms with E-state index in [-0.39, 0.29) is 61.6 Å². The largest absolute Gasteiger partial charge is 0.344 e. The summed E-state index contributed by atoms with van der Waals surface area (Å²) in [6.07, 6.45) is -3.02. The summed E-state index contributed by atoms with van der Waals surface area (Å²) >= 11 is 6.58. The molecule has 3 aromatic carbocycles. The van der Waals surface area contributed by atoms with Gasteiger partial charge in [-0.3, -0.25) is 28.2 Å². The second-order valence-corrected chi connectivity index (χ2v) is 17.4. The number of sulfonamides is 1. The number of benzene rings is 3. The third kappa shape index (κ3) is 7.33. The van der Waals surface area contributed by atoms with E-state index >= 15 is 13.2 Å². The second-order valence-electron chi connectivity index (χ2n) is 15.2. The Kier molecular flexibility index (Phi) is 9.88. The van der Waals surface area contributed by atoms with E-state index in [0.29, 0.717) is 10.7 Å². The molecule has 326 valence electrons. The first-order valence-corrected chi connectivity index (χ1v) is 21.0. The molecule has 2 aliphatic carbocycles. The van der Waals surface area contributed by atoms with Crippen molar-refractivity contribution < 1.29 is 48.3 Å². The zero-order valence-electron chi connectivity index (χ0n) is 32.3. The number of amides is 1. The summed E-state index contributed by atoms with van der Waals surface area (Å²) in [5.41, 5.74) is -4.17. The second kappa shape index (κ2) is 14.9. The van der Waals surface area contributed by atoms with Crippen molar-refractivity contribution in [2.45, 2.75) is 43.7 Å². The van der Waals surface area contributed by atoms with Crippen molar-refractivity contribution in [3.05, 3.63) is 128 Å². The van der Waals surface area contributed by atoms with Gasteiger partial charge in [-0.25, -0.2) is 44.7 Å². The molecule has 2 unspecified atom stereocenters. The number of nitrogens with zero attached hydrogens (tertiary/aromatic N) is 7. The highest BCUT2D eigenvalue weighted by atomic mass is 35.5. The number of nitrogens with one attached hydrogen (secondary N) is 2. The number of carbonyl (C=O) groups excluding carboxylic acids is 1. The van der Waals surface area contributed by atoms with E-state index in [4.69, 9.17) is 11.6 Å². The molecule has 0 bridgehead atoms. The van der Waals surface area contributed by atoms with Crippen molar-refractivity contribution in [3.63, 3.8) is 0 Å². The molecule has 1 amide bonds. The topological polar surface area (TPSA) is 159 Å². The Hall–Kier alpha value is -6.42. The Morgan fingerprint density at radius 1 is 0.968 bits per heavy atom. The molecule has 2 aliphatic rings. The molecule has 9 rings (SSSR count). The van der Waals surface area contributed by atoms with Crippen LogP contribution in [0, 0.1) is 29.2 Å². The molecule has 7 aromatic rings. The van der Waals surface area contributed by atoms with Crippen molar-refractivity contribution in [1.82, 2.24) is 39.4 Å². The van der Waals surface area contributed by atoms with Crippen molar-refractivity contribution in [2.75, 3.05) is 11.0 Å². The number of halogens is 9. The highest BCUT2D eigenvalue weighted by Crippen LogP contribution is 2.68. The predicted molar refractivity (Wildman–Crippen MR) is 211 cm³/mol. The van der Waals surface area contributed by atoms with E-state index in [1.807, 2.05) is 0 Å². The summed E-state index contributed by atoms with van der Waals surface area (Å²) < 4.78 is 148. The summed E-state index contributed by atoms with van der Waals surface area (Å²) in [6.45, 7) is -1.06. The monoisotopic (exact) mass is 917 g/mol. The SMILES string of the molecule is Cn1nc(NS(C)(=O)=O)c2c(Cl)ccc(-n3c([C@H](Cc4cc(F)cc(F)c4)NC(=O)Cn4nc(C(F)F)c5c4C(F)(F)C4CC54)nc4nc(-c5cc(F)ccc5F)ccc4c3=O)c21. The van der Waals surface area contributed by atoms with E-state index in [9.17, 15) is 40.0 Å². The molecule has 1 saturated carbocycles. The van der Waals surface area contributed by atoms with Crippen molar-refractivity contribution in [3.8, 4) is 16.9 Å². The van der Waals surface area contributed by atoms with Gasteiger partial charge < -0.3 is 5.32 Å². The average Bonchev–Trinajstić information content (AvgIpc) is 3.73. The zero-order valence-corrected chi connectivity index (χ0v) is 33.9. The lowest BCUT2D eigenvalue weighted by Gasteiger charge is -2.24. The lowest BCUT2D eigenvalue weighted by molar-refractivity contribution is -0.123. The van der Waals surface area contributed by atoms with Gasteiger partial charge in [-0.15, -0.1) is 0 Å². The molecule has 3 atom stereocenters. The standard InChI is InChI=1S/C40H28ClF8N9O4S/c1-56-33-28(8-5-24(41)31(33)37(54-56)55-63(2,61)62)58-38(52-36-20(39(58)60)4-7-26(51-36)22-13-17(42)3-6-25(22)45)27(11-16-9-18(43)12-19(44)10-16)50-29(59)15-57-34-30(32(53-57)35(46)47)21-14-23(21)40(34,48)49/h3-10,12-13,21,23,27,35H,11,14-15H2,1-2H3,(H,50,59)(H,54,55)/t21?,23?,27-/m0/s1. The molecule has 0 radical (unpaired) electrons.